The molecular weight excluding hydrogens is 162 g/mol. The molecule has 62 valence electrons. The van der Waals surface area contributed by atoms with Crippen LogP contribution in [0.25, 0.3) is 11.0 Å². The molecule has 0 aliphatic rings. The highest BCUT2D eigenvalue weighted by atomic mass is 19.3. The first-order valence-electron chi connectivity index (χ1n) is 3.49. The molecule has 2 aromatic rings. The van der Waals surface area contributed by atoms with E-state index in [0.29, 0.717) is 11.0 Å². The summed E-state index contributed by atoms with van der Waals surface area (Å²) in [5.74, 6) is 0. The number of alkyl halides is 2. The first-order chi connectivity index (χ1) is 5.79. The number of aromatic amines is 1. The Labute approximate surface area is 67.2 Å². The predicted molar refractivity (Wildman–Crippen MR) is 41.1 cm³/mol. The molecule has 0 bridgehead atoms. The third-order valence-electron chi connectivity index (χ3n) is 1.72. The molecule has 0 fully saturated rings. The third kappa shape index (κ3) is 0.958. The maximum atomic E-state index is 12.3. The summed E-state index contributed by atoms with van der Waals surface area (Å²) in [5, 5.41) is 0. The van der Waals surface area contributed by atoms with Gasteiger partial charge in [0.05, 0.1) is 17.4 Å². The van der Waals surface area contributed by atoms with E-state index in [-0.39, 0.29) is 5.56 Å². The topological polar surface area (TPSA) is 28.7 Å². The van der Waals surface area contributed by atoms with E-state index in [4.69, 9.17) is 0 Å². The highest BCUT2D eigenvalue weighted by Crippen LogP contribution is 2.24. The van der Waals surface area contributed by atoms with Crippen LogP contribution in [0, 0.1) is 0 Å². The predicted octanol–water partition coefficient (Wildman–Crippen LogP) is 2.50. The van der Waals surface area contributed by atoms with Gasteiger partial charge in [0.2, 0.25) is 0 Å². The number of para-hydroxylation sites is 1. The Bertz CT molecular complexity index is 395. The van der Waals surface area contributed by atoms with Crippen LogP contribution < -0.4 is 0 Å². The minimum Gasteiger partial charge on any atom is -0.345 e. The molecule has 1 N–H and O–H groups in total. The zero-order valence-corrected chi connectivity index (χ0v) is 6.09. The van der Waals surface area contributed by atoms with Crippen LogP contribution in [0.4, 0.5) is 8.78 Å². The Hall–Kier alpha value is -1.45. The SMILES string of the molecule is FC(F)c1cccc2[nH]cnc12. The van der Waals surface area contributed by atoms with Crippen LogP contribution in [-0.2, 0) is 0 Å². The van der Waals surface area contributed by atoms with Gasteiger partial charge >= 0.3 is 0 Å². The molecule has 0 spiro atoms. The Balaban J connectivity index is 2.73. The fraction of sp³-hybridized carbons (Fsp3) is 0.125. The van der Waals surface area contributed by atoms with Gasteiger partial charge in [0.1, 0.15) is 0 Å². The fourth-order valence-corrected chi connectivity index (χ4v) is 1.16. The molecule has 2 nitrogen and oxygen atoms in total. The van der Waals surface area contributed by atoms with Gasteiger partial charge in [-0.15, -0.1) is 0 Å². The molecule has 0 saturated carbocycles. The number of nitrogens with one attached hydrogen (secondary N) is 1. The molecule has 4 heteroatoms. The lowest BCUT2D eigenvalue weighted by molar-refractivity contribution is 0.153. The summed E-state index contributed by atoms with van der Waals surface area (Å²) >= 11 is 0. The summed E-state index contributed by atoms with van der Waals surface area (Å²) in [6.07, 6.45) is -1.05. The number of imidazole rings is 1. The van der Waals surface area contributed by atoms with E-state index < -0.39 is 6.43 Å². The number of aromatic nitrogens is 2. The lowest BCUT2D eigenvalue weighted by Gasteiger charge is -1.98. The maximum absolute atomic E-state index is 12.3. The van der Waals surface area contributed by atoms with Crippen LogP contribution in [0.5, 0.6) is 0 Å². The molecule has 0 saturated heterocycles. The summed E-state index contributed by atoms with van der Waals surface area (Å²) in [6, 6.07) is 4.68. The Morgan fingerprint density at radius 1 is 1.33 bits per heavy atom. The molecule has 0 unspecified atom stereocenters. The molecule has 0 amide bonds. The highest BCUT2D eigenvalue weighted by molar-refractivity contribution is 5.78. The lowest BCUT2D eigenvalue weighted by atomic mass is 10.2. The number of hydrogen-bond donors (Lipinski definition) is 1. The van der Waals surface area contributed by atoms with Crippen molar-refractivity contribution in [1.82, 2.24) is 9.97 Å². The van der Waals surface area contributed by atoms with Crippen molar-refractivity contribution in [3.8, 4) is 0 Å². The van der Waals surface area contributed by atoms with E-state index in [9.17, 15) is 8.78 Å². The molecule has 1 aromatic heterocycles. The second kappa shape index (κ2) is 2.55. The molecule has 2 rings (SSSR count). The monoisotopic (exact) mass is 168 g/mol. The molecule has 0 atom stereocenters. The van der Waals surface area contributed by atoms with Gasteiger partial charge in [0.15, 0.2) is 0 Å². The summed E-state index contributed by atoms with van der Waals surface area (Å²) < 4.78 is 24.6. The largest absolute Gasteiger partial charge is 0.345 e. The zero-order valence-electron chi connectivity index (χ0n) is 6.09. The highest BCUT2D eigenvalue weighted by Gasteiger charge is 2.11. The van der Waals surface area contributed by atoms with E-state index in [1.807, 2.05) is 0 Å². The Kier molecular flexibility index (Phi) is 1.53. The van der Waals surface area contributed by atoms with Crippen LogP contribution in [0.3, 0.4) is 0 Å². The molecular formula is C8H6F2N2. The number of H-pyrrole nitrogens is 1. The van der Waals surface area contributed by atoms with Gasteiger partial charge in [-0.3, -0.25) is 0 Å². The third-order valence-corrected chi connectivity index (χ3v) is 1.72. The summed E-state index contributed by atoms with van der Waals surface area (Å²) in [6.45, 7) is 0. The van der Waals surface area contributed by atoms with Crippen LogP contribution in [-0.4, -0.2) is 9.97 Å². The summed E-state index contributed by atoms with van der Waals surface area (Å²) in [7, 11) is 0. The van der Waals surface area contributed by atoms with Crippen molar-refractivity contribution in [3.63, 3.8) is 0 Å². The normalized spacial score (nSPS) is 11.2. The van der Waals surface area contributed by atoms with Crippen LogP contribution in [0.2, 0.25) is 0 Å². The smallest absolute Gasteiger partial charge is 0.266 e. The first kappa shape index (κ1) is 7.21. The number of nitrogens with zero attached hydrogens (tertiary/aromatic N) is 1. The van der Waals surface area contributed by atoms with Gasteiger partial charge in [-0.05, 0) is 6.07 Å². The van der Waals surface area contributed by atoms with E-state index in [2.05, 4.69) is 9.97 Å². The summed E-state index contributed by atoms with van der Waals surface area (Å²) in [5.41, 5.74) is 0.981. The second-order valence-corrected chi connectivity index (χ2v) is 2.45. The zero-order chi connectivity index (χ0) is 8.55. The van der Waals surface area contributed by atoms with Gasteiger partial charge in [-0.1, -0.05) is 12.1 Å². The van der Waals surface area contributed by atoms with Gasteiger partial charge in [0, 0.05) is 5.56 Å². The van der Waals surface area contributed by atoms with E-state index >= 15 is 0 Å². The van der Waals surface area contributed by atoms with Crippen LogP contribution >= 0.6 is 0 Å². The number of benzene rings is 1. The quantitative estimate of drug-likeness (QED) is 0.696. The molecule has 1 aromatic carbocycles. The maximum Gasteiger partial charge on any atom is 0.266 e. The number of hydrogen-bond acceptors (Lipinski definition) is 1. The Morgan fingerprint density at radius 3 is 2.92 bits per heavy atom. The molecule has 0 radical (unpaired) electrons. The minimum absolute atomic E-state index is 0.0197. The van der Waals surface area contributed by atoms with E-state index in [1.165, 1.54) is 12.4 Å². The molecule has 12 heavy (non-hydrogen) atoms. The van der Waals surface area contributed by atoms with Crippen LogP contribution in [0.15, 0.2) is 24.5 Å². The lowest BCUT2D eigenvalue weighted by Crippen LogP contribution is -1.85. The molecule has 1 heterocycles. The van der Waals surface area contributed by atoms with Crippen molar-refractivity contribution >= 4 is 11.0 Å². The standard InChI is InChI=1S/C8H6F2N2/c9-8(10)5-2-1-3-6-7(5)12-4-11-6/h1-4,8H,(H,11,12). The average Bonchev–Trinajstić information content (AvgIpc) is 2.49. The van der Waals surface area contributed by atoms with Gasteiger partial charge in [0.25, 0.3) is 6.43 Å². The van der Waals surface area contributed by atoms with Gasteiger partial charge in [-0.25, -0.2) is 13.8 Å². The minimum atomic E-state index is -2.46. The first-order valence-corrected chi connectivity index (χ1v) is 3.49. The number of rotatable bonds is 1. The fourth-order valence-electron chi connectivity index (χ4n) is 1.16. The van der Waals surface area contributed by atoms with Crippen molar-refractivity contribution in [1.29, 1.82) is 0 Å². The van der Waals surface area contributed by atoms with Crippen LogP contribution in [0.1, 0.15) is 12.0 Å². The van der Waals surface area contributed by atoms with E-state index in [0.717, 1.165) is 0 Å². The van der Waals surface area contributed by atoms with Crippen molar-refractivity contribution in [2.45, 2.75) is 6.43 Å². The van der Waals surface area contributed by atoms with Crippen molar-refractivity contribution in [2.75, 3.05) is 0 Å². The van der Waals surface area contributed by atoms with E-state index in [1.54, 1.807) is 12.1 Å². The number of halogens is 2. The van der Waals surface area contributed by atoms with Crippen molar-refractivity contribution in [2.24, 2.45) is 0 Å². The summed E-state index contributed by atoms with van der Waals surface area (Å²) in [4.78, 5) is 6.57. The number of fused-ring (bicyclic) bond motifs is 1. The van der Waals surface area contributed by atoms with Crippen molar-refractivity contribution in [3.05, 3.63) is 30.1 Å². The van der Waals surface area contributed by atoms with Gasteiger partial charge in [-0.2, -0.15) is 0 Å². The van der Waals surface area contributed by atoms with Gasteiger partial charge < -0.3 is 4.98 Å². The molecule has 0 aliphatic heterocycles. The second-order valence-electron chi connectivity index (χ2n) is 2.45. The van der Waals surface area contributed by atoms with Crippen molar-refractivity contribution < 1.29 is 8.78 Å². The molecule has 0 aliphatic carbocycles. The Morgan fingerprint density at radius 2 is 2.17 bits per heavy atom. The average molecular weight is 168 g/mol.